The van der Waals surface area contributed by atoms with Crippen LogP contribution in [-0.2, 0) is 4.79 Å². The summed E-state index contributed by atoms with van der Waals surface area (Å²) in [5, 5.41) is 10.4. The Kier molecular flexibility index (Phi) is 5.34. The second kappa shape index (κ2) is 8.36. The lowest BCUT2D eigenvalue weighted by atomic mass is 10.2. The van der Waals surface area contributed by atoms with Gasteiger partial charge in [0.15, 0.2) is 17.2 Å². The molecule has 34 heavy (non-hydrogen) atoms. The Morgan fingerprint density at radius 2 is 2.00 bits per heavy atom. The average Bonchev–Trinajstić information content (AvgIpc) is 3.47. The molecule has 3 aromatic heterocycles. The first-order valence-electron chi connectivity index (χ1n) is 10.7. The minimum atomic E-state index is -2.80. The lowest BCUT2D eigenvalue weighted by molar-refractivity contribution is -0.117. The van der Waals surface area contributed by atoms with Crippen molar-refractivity contribution < 1.29 is 18.3 Å². The highest BCUT2D eigenvalue weighted by atomic mass is 19.3. The fourth-order valence-electron chi connectivity index (χ4n) is 3.74. The number of aromatic nitrogens is 6. The molecule has 12 heteroatoms. The standard InChI is InChI=1S/C22H22F2N8O2/c1-10-25-11(2)32(31-10)15-6-4-5-13(18(15)34-3)26-14-9-16(28-22(33)12-7-8-12)27-20-17(14)29-21(30-20)19(23)24/h4-6,9,12,19H,7-8H2,1-3H3,(H3,26,27,28,29,30,33). The maximum absolute atomic E-state index is 13.3. The Balaban J connectivity index is 1.59. The number of amides is 1. The van der Waals surface area contributed by atoms with Crippen LogP contribution in [0.5, 0.6) is 5.75 Å². The molecule has 0 unspecified atom stereocenters. The topological polar surface area (TPSA) is 123 Å². The number of carbonyl (C=O) groups excluding carboxylic acids is 1. The zero-order chi connectivity index (χ0) is 24.0. The highest BCUT2D eigenvalue weighted by molar-refractivity contribution is 5.97. The molecule has 0 atom stereocenters. The van der Waals surface area contributed by atoms with E-state index in [0.717, 1.165) is 12.8 Å². The van der Waals surface area contributed by atoms with Crippen LogP contribution >= 0.6 is 0 Å². The van der Waals surface area contributed by atoms with Crippen LogP contribution in [0.25, 0.3) is 16.9 Å². The minimum Gasteiger partial charge on any atom is -0.492 e. The third kappa shape index (κ3) is 4.02. The molecular weight excluding hydrogens is 446 g/mol. The summed E-state index contributed by atoms with van der Waals surface area (Å²) >= 11 is 0. The van der Waals surface area contributed by atoms with Crippen LogP contribution in [-0.4, -0.2) is 42.7 Å². The third-order valence-corrected chi connectivity index (χ3v) is 5.45. The van der Waals surface area contributed by atoms with Gasteiger partial charge in [0.2, 0.25) is 5.91 Å². The highest BCUT2D eigenvalue weighted by Crippen LogP contribution is 2.37. The van der Waals surface area contributed by atoms with E-state index < -0.39 is 12.2 Å². The van der Waals surface area contributed by atoms with Gasteiger partial charge in [-0.1, -0.05) is 6.07 Å². The van der Waals surface area contributed by atoms with Gasteiger partial charge in [0.1, 0.15) is 28.7 Å². The predicted molar refractivity (Wildman–Crippen MR) is 121 cm³/mol. The Hall–Kier alpha value is -4.09. The molecule has 1 aliphatic carbocycles. The van der Waals surface area contributed by atoms with Crippen LogP contribution in [0.15, 0.2) is 24.3 Å². The van der Waals surface area contributed by atoms with E-state index in [1.165, 1.54) is 7.11 Å². The van der Waals surface area contributed by atoms with Crippen LogP contribution in [0.3, 0.4) is 0 Å². The molecule has 1 amide bonds. The Bertz CT molecular complexity index is 1390. The van der Waals surface area contributed by atoms with Gasteiger partial charge in [-0.15, -0.1) is 0 Å². The molecule has 0 spiro atoms. The molecule has 3 heterocycles. The van der Waals surface area contributed by atoms with Crippen molar-refractivity contribution in [3.63, 3.8) is 0 Å². The van der Waals surface area contributed by atoms with Gasteiger partial charge in [0.25, 0.3) is 6.43 Å². The first-order chi connectivity index (χ1) is 16.3. The molecule has 0 aliphatic heterocycles. The fourth-order valence-corrected chi connectivity index (χ4v) is 3.74. The SMILES string of the molecule is COc1c(Nc2cc(NC(=O)C3CC3)nc3[nH]c(C(F)F)nc23)cccc1-n1nc(C)nc1C. The van der Waals surface area contributed by atoms with Gasteiger partial charge in [-0.25, -0.2) is 28.4 Å². The number of nitrogens with one attached hydrogen (secondary N) is 3. The number of aromatic amines is 1. The summed E-state index contributed by atoms with van der Waals surface area (Å²) in [4.78, 5) is 27.4. The number of fused-ring (bicyclic) bond motifs is 1. The van der Waals surface area contributed by atoms with Gasteiger partial charge in [-0.05, 0) is 38.8 Å². The Labute approximate surface area is 192 Å². The van der Waals surface area contributed by atoms with E-state index in [1.54, 1.807) is 29.8 Å². The number of pyridine rings is 1. The normalized spacial score (nSPS) is 13.5. The maximum atomic E-state index is 13.3. The van der Waals surface area contributed by atoms with Crippen LogP contribution in [0.4, 0.5) is 26.0 Å². The summed E-state index contributed by atoms with van der Waals surface area (Å²) < 4.78 is 34.0. The fraction of sp³-hybridized carbons (Fsp3) is 0.318. The number of hydrogen-bond donors (Lipinski definition) is 3. The number of H-pyrrole nitrogens is 1. The second-order valence-electron chi connectivity index (χ2n) is 8.04. The van der Waals surface area contributed by atoms with Crippen LogP contribution < -0.4 is 15.4 Å². The lowest BCUT2D eigenvalue weighted by Crippen LogP contribution is -2.14. The molecular formula is C22H22F2N8O2. The van der Waals surface area contributed by atoms with E-state index in [4.69, 9.17) is 4.74 Å². The summed E-state index contributed by atoms with van der Waals surface area (Å²) in [6.07, 6.45) is -1.16. The third-order valence-electron chi connectivity index (χ3n) is 5.45. The Morgan fingerprint density at radius 3 is 2.65 bits per heavy atom. The van der Waals surface area contributed by atoms with Crippen LogP contribution in [0.1, 0.15) is 36.7 Å². The van der Waals surface area contributed by atoms with Crippen molar-refractivity contribution in [2.75, 3.05) is 17.7 Å². The monoisotopic (exact) mass is 468 g/mol. The molecule has 0 saturated heterocycles. The summed E-state index contributed by atoms with van der Waals surface area (Å²) in [5.74, 6) is 1.29. The van der Waals surface area contributed by atoms with E-state index in [9.17, 15) is 13.6 Å². The van der Waals surface area contributed by atoms with Crippen molar-refractivity contribution in [3.8, 4) is 11.4 Å². The maximum Gasteiger partial charge on any atom is 0.295 e. The number of imidazole rings is 1. The first-order valence-corrected chi connectivity index (χ1v) is 10.7. The number of para-hydroxylation sites is 1. The van der Waals surface area contributed by atoms with E-state index in [1.807, 2.05) is 13.0 Å². The largest absolute Gasteiger partial charge is 0.492 e. The van der Waals surface area contributed by atoms with Gasteiger partial charge in [0, 0.05) is 12.0 Å². The number of hydrogen-bond acceptors (Lipinski definition) is 7. The van der Waals surface area contributed by atoms with Gasteiger partial charge < -0.3 is 20.4 Å². The lowest BCUT2D eigenvalue weighted by Gasteiger charge is -2.16. The van der Waals surface area contributed by atoms with Gasteiger partial charge in [-0.3, -0.25) is 4.79 Å². The van der Waals surface area contributed by atoms with E-state index in [0.29, 0.717) is 34.5 Å². The number of aryl methyl sites for hydroxylation is 2. The zero-order valence-electron chi connectivity index (χ0n) is 18.7. The highest BCUT2D eigenvalue weighted by Gasteiger charge is 2.30. The minimum absolute atomic E-state index is 0.0431. The molecule has 1 aromatic carbocycles. The number of ether oxygens (including phenoxy) is 1. The van der Waals surface area contributed by atoms with E-state index in [2.05, 4.69) is 35.7 Å². The van der Waals surface area contributed by atoms with Crippen LogP contribution in [0, 0.1) is 19.8 Å². The summed E-state index contributed by atoms with van der Waals surface area (Å²) in [7, 11) is 1.52. The molecule has 1 fully saturated rings. The number of rotatable bonds is 7. The quantitative estimate of drug-likeness (QED) is 0.372. The van der Waals surface area contributed by atoms with Gasteiger partial charge in [0.05, 0.1) is 18.5 Å². The Morgan fingerprint density at radius 1 is 1.21 bits per heavy atom. The van der Waals surface area contributed by atoms with E-state index >= 15 is 0 Å². The number of carbonyl (C=O) groups is 1. The molecule has 0 bridgehead atoms. The molecule has 0 radical (unpaired) electrons. The number of alkyl halides is 2. The van der Waals surface area contributed by atoms with Crippen molar-refractivity contribution in [2.24, 2.45) is 5.92 Å². The van der Waals surface area contributed by atoms with Crippen molar-refractivity contribution >= 4 is 34.3 Å². The van der Waals surface area contributed by atoms with E-state index in [-0.39, 0.29) is 28.8 Å². The van der Waals surface area contributed by atoms with Crippen molar-refractivity contribution in [1.82, 2.24) is 29.7 Å². The van der Waals surface area contributed by atoms with Crippen LogP contribution in [0.2, 0.25) is 0 Å². The number of methoxy groups -OCH3 is 1. The smallest absolute Gasteiger partial charge is 0.295 e. The molecule has 1 aliphatic rings. The number of anilines is 3. The first kappa shape index (κ1) is 21.7. The molecule has 5 rings (SSSR count). The molecule has 4 aromatic rings. The molecule has 1 saturated carbocycles. The predicted octanol–water partition coefficient (Wildman–Crippen LogP) is 4.19. The number of nitrogens with zero attached hydrogens (tertiary/aromatic N) is 5. The van der Waals surface area contributed by atoms with Gasteiger partial charge >= 0.3 is 0 Å². The number of benzene rings is 1. The van der Waals surface area contributed by atoms with Crippen molar-refractivity contribution in [3.05, 3.63) is 41.7 Å². The number of halogens is 2. The molecule has 176 valence electrons. The zero-order valence-corrected chi connectivity index (χ0v) is 18.7. The van der Waals surface area contributed by atoms with Gasteiger partial charge in [-0.2, -0.15) is 5.10 Å². The summed E-state index contributed by atoms with van der Waals surface area (Å²) in [6, 6.07) is 6.98. The summed E-state index contributed by atoms with van der Waals surface area (Å²) in [6.45, 7) is 3.62. The summed E-state index contributed by atoms with van der Waals surface area (Å²) in [5.41, 5.74) is 1.90. The van der Waals surface area contributed by atoms with Crippen molar-refractivity contribution in [2.45, 2.75) is 33.1 Å². The molecule has 10 nitrogen and oxygen atoms in total. The average molecular weight is 468 g/mol. The second-order valence-corrected chi connectivity index (χ2v) is 8.04. The molecule has 3 N–H and O–H groups in total. The van der Waals surface area contributed by atoms with Crippen molar-refractivity contribution in [1.29, 1.82) is 0 Å².